The number of hydrogen-bond donors (Lipinski definition) is 0. The molecule has 47 heavy (non-hydrogen) atoms. The summed E-state index contributed by atoms with van der Waals surface area (Å²) in [5.41, 5.74) is 2.53. The van der Waals surface area contributed by atoms with Crippen molar-refractivity contribution in [2.45, 2.75) is 44.8 Å². The highest BCUT2D eigenvalue weighted by Crippen LogP contribution is 2.32. The van der Waals surface area contributed by atoms with Gasteiger partial charge in [-0.1, -0.05) is 73.3 Å². The number of methoxy groups -OCH3 is 1. The van der Waals surface area contributed by atoms with E-state index in [0.29, 0.717) is 28.2 Å². The van der Waals surface area contributed by atoms with Gasteiger partial charge in [0, 0.05) is 27.9 Å². The van der Waals surface area contributed by atoms with Crippen LogP contribution in [-0.4, -0.2) is 44.9 Å². The van der Waals surface area contributed by atoms with Crippen LogP contribution in [0.15, 0.2) is 97.7 Å². The van der Waals surface area contributed by atoms with Crippen LogP contribution in [0.5, 0.6) is 5.88 Å². The average Bonchev–Trinajstić information content (AvgIpc) is 3.80. The lowest BCUT2D eigenvalue weighted by molar-refractivity contribution is 0.115. The summed E-state index contributed by atoms with van der Waals surface area (Å²) in [5, 5.41) is 20.7. The Morgan fingerprint density at radius 2 is 1.70 bits per heavy atom. The molecule has 0 N–H and O–H groups in total. The number of hydroxylamine groups is 1. The second-order valence-corrected chi connectivity index (χ2v) is 11.2. The van der Waals surface area contributed by atoms with Crippen molar-refractivity contribution in [2.75, 3.05) is 19.3 Å². The number of para-hydroxylation sites is 1. The fourth-order valence-corrected chi connectivity index (χ4v) is 5.02. The molecule has 0 fully saturated rings. The van der Waals surface area contributed by atoms with Crippen molar-refractivity contribution in [1.82, 2.24) is 24.5 Å². The summed E-state index contributed by atoms with van der Waals surface area (Å²) in [6, 6.07) is 26.3. The Balaban J connectivity index is 0.000000223. The minimum Gasteiger partial charge on any atom is -0.472 e. The SMILES string of the molecule is CCCCC(C#N)(Cn1cncn1)c1ccc(Cl)cc1.COC(=O)N(OC)c1ccccc1COc1ccn(-c2ccc(Cl)cc2)n1. The highest BCUT2D eigenvalue weighted by molar-refractivity contribution is 6.30. The molecule has 0 aliphatic carbocycles. The molecule has 0 radical (unpaired) electrons. The van der Waals surface area contributed by atoms with E-state index >= 15 is 0 Å². The third-order valence-corrected chi connectivity index (χ3v) is 7.74. The highest BCUT2D eigenvalue weighted by atomic mass is 35.5. The van der Waals surface area contributed by atoms with Crippen LogP contribution in [0.2, 0.25) is 10.0 Å². The molecule has 0 aliphatic heterocycles. The van der Waals surface area contributed by atoms with E-state index in [0.717, 1.165) is 41.1 Å². The second kappa shape index (κ2) is 17.1. The number of amides is 1. The first-order valence-corrected chi connectivity index (χ1v) is 15.5. The van der Waals surface area contributed by atoms with Crippen molar-refractivity contribution < 1.29 is 19.1 Å². The molecule has 1 amide bonds. The van der Waals surface area contributed by atoms with Gasteiger partial charge in [-0.05, 0) is 54.4 Å². The smallest absolute Gasteiger partial charge is 0.438 e. The zero-order valence-electron chi connectivity index (χ0n) is 26.3. The Hall–Kier alpha value is -4.89. The number of unbranched alkanes of at least 4 members (excludes halogenated alkanes) is 1. The fraction of sp³-hybridized carbons (Fsp3) is 0.265. The first-order chi connectivity index (χ1) is 22.8. The minimum atomic E-state index is -0.628. The Kier molecular flexibility index (Phi) is 12.8. The maximum Gasteiger partial charge on any atom is 0.438 e. The normalized spacial score (nSPS) is 11.8. The Morgan fingerprint density at radius 3 is 2.32 bits per heavy atom. The Labute approximate surface area is 283 Å². The monoisotopic (exact) mass is 675 g/mol. The molecule has 0 spiro atoms. The van der Waals surface area contributed by atoms with Crippen LogP contribution in [0.1, 0.15) is 37.3 Å². The zero-order valence-corrected chi connectivity index (χ0v) is 27.8. The number of carbonyl (C=O) groups excluding carboxylic acids is 1. The maximum atomic E-state index is 11.9. The maximum absolute atomic E-state index is 11.9. The molecule has 5 rings (SSSR count). The molecule has 1 unspecified atom stereocenters. The number of aromatic nitrogens is 5. The molecule has 244 valence electrons. The van der Waals surface area contributed by atoms with Crippen LogP contribution in [0, 0.1) is 11.3 Å². The van der Waals surface area contributed by atoms with Crippen LogP contribution in [0.4, 0.5) is 10.5 Å². The van der Waals surface area contributed by atoms with Crippen LogP contribution in [0.25, 0.3) is 5.69 Å². The van der Waals surface area contributed by atoms with Crippen LogP contribution < -0.4 is 9.80 Å². The van der Waals surface area contributed by atoms with E-state index in [1.807, 2.05) is 48.5 Å². The Morgan fingerprint density at radius 1 is 1.00 bits per heavy atom. The molecule has 5 aromatic rings. The van der Waals surface area contributed by atoms with Gasteiger partial charge in [0.1, 0.15) is 24.7 Å². The first-order valence-electron chi connectivity index (χ1n) is 14.8. The molecule has 0 bridgehead atoms. The number of rotatable bonds is 12. The van der Waals surface area contributed by atoms with Crippen molar-refractivity contribution in [3.05, 3.63) is 119 Å². The predicted octanol–water partition coefficient (Wildman–Crippen LogP) is 7.82. The lowest BCUT2D eigenvalue weighted by Crippen LogP contribution is -2.30. The number of anilines is 1. The van der Waals surface area contributed by atoms with Gasteiger partial charge >= 0.3 is 6.09 Å². The van der Waals surface area contributed by atoms with Gasteiger partial charge in [0.25, 0.3) is 0 Å². The molecule has 11 nitrogen and oxygen atoms in total. The number of halogens is 2. The van der Waals surface area contributed by atoms with Crippen molar-refractivity contribution in [1.29, 1.82) is 5.26 Å². The van der Waals surface area contributed by atoms with Gasteiger partial charge < -0.3 is 9.47 Å². The third-order valence-electron chi connectivity index (χ3n) is 7.23. The minimum absolute atomic E-state index is 0.199. The molecule has 13 heteroatoms. The summed E-state index contributed by atoms with van der Waals surface area (Å²) in [5.74, 6) is 0.446. The van der Waals surface area contributed by atoms with E-state index in [4.69, 9.17) is 37.5 Å². The second-order valence-electron chi connectivity index (χ2n) is 10.3. The molecule has 0 aliphatic rings. The van der Waals surface area contributed by atoms with E-state index in [9.17, 15) is 10.1 Å². The molecule has 0 saturated carbocycles. The topological polar surface area (TPSA) is 120 Å². The molecule has 3 aromatic carbocycles. The lowest BCUT2D eigenvalue weighted by atomic mass is 9.77. The molecule has 2 aromatic heterocycles. The molecular formula is C34H35Cl2N7O4. The summed E-state index contributed by atoms with van der Waals surface area (Å²) in [6.45, 7) is 2.83. The number of nitrogens with zero attached hydrogens (tertiary/aromatic N) is 7. The summed E-state index contributed by atoms with van der Waals surface area (Å²) in [4.78, 5) is 20.9. The number of ether oxygens (including phenoxy) is 2. The summed E-state index contributed by atoms with van der Waals surface area (Å²) in [7, 11) is 2.68. The van der Waals surface area contributed by atoms with E-state index in [1.54, 1.807) is 52.2 Å². The van der Waals surface area contributed by atoms with Crippen molar-refractivity contribution in [2.24, 2.45) is 0 Å². The molecular weight excluding hydrogens is 641 g/mol. The molecule has 0 saturated heterocycles. The van der Waals surface area contributed by atoms with Crippen molar-refractivity contribution >= 4 is 35.0 Å². The van der Waals surface area contributed by atoms with Gasteiger partial charge in [-0.2, -0.15) is 15.4 Å². The number of nitriles is 1. The van der Waals surface area contributed by atoms with E-state index in [1.165, 1.54) is 20.5 Å². The summed E-state index contributed by atoms with van der Waals surface area (Å²) >= 11 is 11.8. The predicted molar refractivity (Wildman–Crippen MR) is 180 cm³/mol. The standard InChI is InChI=1S/C19H18ClN3O4.C15H17ClN4/c1-25-19(24)23(26-2)17-6-4-3-5-14(17)13-27-18-11-12-22(21-18)16-9-7-15(20)8-10-16;1-2-3-8-15(9-17,10-20-12-18-11-19-20)13-4-6-14(16)7-5-13/h3-12H,13H2,1-2H3;4-7,11-12H,2-3,8,10H2,1H3. The fourth-order valence-electron chi connectivity index (χ4n) is 4.77. The van der Waals surface area contributed by atoms with Gasteiger partial charge in [0.15, 0.2) is 0 Å². The molecule has 1 atom stereocenters. The molecule has 2 heterocycles. The average molecular weight is 677 g/mol. The number of hydrogen-bond acceptors (Lipinski definition) is 8. The summed E-state index contributed by atoms with van der Waals surface area (Å²) in [6.07, 6.45) is 7.13. The van der Waals surface area contributed by atoms with E-state index < -0.39 is 11.5 Å². The van der Waals surface area contributed by atoms with Gasteiger partial charge in [-0.15, -0.1) is 5.10 Å². The number of benzene rings is 3. The van der Waals surface area contributed by atoms with Gasteiger partial charge in [0.05, 0.1) is 38.2 Å². The number of carbonyl (C=O) groups is 1. The highest BCUT2D eigenvalue weighted by Gasteiger charge is 2.32. The lowest BCUT2D eigenvalue weighted by Gasteiger charge is -2.27. The summed E-state index contributed by atoms with van der Waals surface area (Å²) < 4.78 is 13.9. The van der Waals surface area contributed by atoms with E-state index in [-0.39, 0.29) is 6.61 Å². The first kappa shape index (κ1) is 35.0. The zero-order chi connectivity index (χ0) is 33.6. The van der Waals surface area contributed by atoms with E-state index in [2.05, 4.69) is 28.2 Å². The largest absolute Gasteiger partial charge is 0.472 e. The van der Waals surface area contributed by atoms with Crippen LogP contribution in [-0.2, 0) is 28.1 Å². The van der Waals surface area contributed by atoms with Gasteiger partial charge in [-0.25, -0.2) is 14.5 Å². The van der Waals surface area contributed by atoms with Crippen molar-refractivity contribution in [3.63, 3.8) is 0 Å². The van der Waals surface area contributed by atoms with Crippen LogP contribution in [0.3, 0.4) is 0 Å². The third kappa shape index (κ3) is 9.33. The van der Waals surface area contributed by atoms with Gasteiger partial charge in [0.2, 0.25) is 5.88 Å². The van der Waals surface area contributed by atoms with Crippen LogP contribution >= 0.6 is 23.2 Å². The van der Waals surface area contributed by atoms with Gasteiger partial charge in [-0.3, -0.25) is 9.52 Å². The van der Waals surface area contributed by atoms with Crippen molar-refractivity contribution in [3.8, 4) is 17.6 Å². The Bertz CT molecular complexity index is 1740. The quantitative estimate of drug-likeness (QED) is 0.123.